The van der Waals surface area contributed by atoms with Crippen molar-refractivity contribution in [2.45, 2.75) is 19.9 Å². The zero-order valence-electron chi connectivity index (χ0n) is 16.0. The van der Waals surface area contributed by atoms with Crippen molar-refractivity contribution in [3.05, 3.63) is 58.9 Å². The maximum atomic E-state index is 13.6. The number of hydrogen-bond acceptors (Lipinski definition) is 5. The van der Waals surface area contributed by atoms with Crippen molar-refractivity contribution in [3.63, 3.8) is 0 Å². The third-order valence-corrected chi connectivity index (χ3v) is 5.45. The highest BCUT2D eigenvalue weighted by molar-refractivity contribution is 7.92. The van der Waals surface area contributed by atoms with Gasteiger partial charge >= 0.3 is 5.97 Å². The standard InChI is InChI=1S/C19H20ClFN2O5S/c1-4-28-19(25)16-11-14(8-9-17(16)20)22-18(24)12(2)23(29(3,26)27)15-7-5-6-13(21)10-15/h5-12H,4H2,1-3H3,(H,22,24)/t12-/m0/s1. The molecular formula is C19H20ClFN2O5S. The van der Waals surface area contributed by atoms with Crippen molar-refractivity contribution in [3.8, 4) is 0 Å². The van der Waals surface area contributed by atoms with Gasteiger partial charge in [0.2, 0.25) is 15.9 Å². The van der Waals surface area contributed by atoms with Gasteiger partial charge in [0.05, 0.1) is 29.1 Å². The van der Waals surface area contributed by atoms with Crippen LogP contribution < -0.4 is 9.62 Å². The van der Waals surface area contributed by atoms with E-state index in [-0.39, 0.29) is 28.6 Å². The fourth-order valence-electron chi connectivity index (χ4n) is 2.64. The Labute approximate surface area is 173 Å². The predicted octanol–water partition coefficient (Wildman–Crippen LogP) is 3.45. The molecule has 29 heavy (non-hydrogen) atoms. The molecule has 0 bridgehead atoms. The number of amides is 1. The molecule has 1 N–H and O–H groups in total. The van der Waals surface area contributed by atoms with Crippen LogP contribution in [0, 0.1) is 5.82 Å². The molecule has 0 aliphatic rings. The number of rotatable bonds is 7. The number of benzene rings is 2. The number of anilines is 2. The maximum Gasteiger partial charge on any atom is 0.339 e. The molecule has 0 spiro atoms. The van der Waals surface area contributed by atoms with Crippen LogP contribution in [-0.2, 0) is 19.6 Å². The highest BCUT2D eigenvalue weighted by Crippen LogP contribution is 2.24. The number of nitrogens with one attached hydrogen (secondary N) is 1. The molecule has 0 heterocycles. The lowest BCUT2D eigenvalue weighted by atomic mass is 10.2. The lowest BCUT2D eigenvalue weighted by molar-refractivity contribution is -0.116. The van der Waals surface area contributed by atoms with E-state index in [1.165, 1.54) is 43.3 Å². The summed E-state index contributed by atoms with van der Waals surface area (Å²) in [5.74, 6) is -1.98. The Balaban J connectivity index is 2.31. The predicted molar refractivity (Wildman–Crippen MR) is 109 cm³/mol. The Morgan fingerprint density at radius 2 is 1.93 bits per heavy atom. The van der Waals surface area contributed by atoms with Gasteiger partial charge in [-0.1, -0.05) is 17.7 Å². The average molecular weight is 443 g/mol. The van der Waals surface area contributed by atoms with Crippen LogP contribution in [0.1, 0.15) is 24.2 Å². The van der Waals surface area contributed by atoms with E-state index in [9.17, 15) is 22.4 Å². The van der Waals surface area contributed by atoms with E-state index in [4.69, 9.17) is 16.3 Å². The topological polar surface area (TPSA) is 92.8 Å². The molecule has 0 radical (unpaired) electrons. The van der Waals surface area contributed by atoms with Crippen LogP contribution in [0.4, 0.5) is 15.8 Å². The summed E-state index contributed by atoms with van der Waals surface area (Å²) < 4.78 is 43.8. The Morgan fingerprint density at radius 1 is 1.24 bits per heavy atom. The summed E-state index contributed by atoms with van der Waals surface area (Å²) in [7, 11) is -3.90. The van der Waals surface area contributed by atoms with Crippen molar-refractivity contribution >= 4 is 44.9 Å². The number of hydrogen-bond donors (Lipinski definition) is 1. The van der Waals surface area contributed by atoms with E-state index in [0.717, 1.165) is 16.6 Å². The van der Waals surface area contributed by atoms with Gasteiger partial charge in [0, 0.05) is 5.69 Å². The molecule has 2 aromatic rings. The molecule has 10 heteroatoms. The largest absolute Gasteiger partial charge is 0.462 e. The van der Waals surface area contributed by atoms with E-state index >= 15 is 0 Å². The summed E-state index contributed by atoms with van der Waals surface area (Å²) >= 11 is 5.99. The van der Waals surface area contributed by atoms with E-state index < -0.39 is 33.8 Å². The number of esters is 1. The summed E-state index contributed by atoms with van der Waals surface area (Å²) in [5.41, 5.74) is 0.296. The van der Waals surface area contributed by atoms with Gasteiger partial charge in [-0.05, 0) is 50.2 Å². The van der Waals surface area contributed by atoms with Crippen LogP contribution in [0.5, 0.6) is 0 Å². The van der Waals surface area contributed by atoms with Crippen LogP contribution in [0.25, 0.3) is 0 Å². The van der Waals surface area contributed by atoms with Gasteiger partial charge in [-0.25, -0.2) is 17.6 Å². The number of sulfonamides is 1. The van der Waals surface area contributed by atoms with Gasteiger partial charge in [0.15, 0.2) is 0 Å². The normalized spacial score (nSPS) is 12.2. The van der Waals surface area contributed by atoms with E-state index in [1.54, 1.807) is 6.92 Å². The Bertz CT molecular complexity index is 1030. The quantitative estimate of drug-likeness (QED) is 0.663. The molecule has 0 aliphatic heterocycles. The van der Waals surface area contributed by atoms with Crippen molar-refractivity contribution in [1.82, 2.24) is 0 Å². The van der Waals surface area contributed by atoms with Gasteiger partial charge < -0.3 is 10.1 Å². The number of carbonyl (C=O) groups is 2. The first-order chi connectivity index (χ1) is 13.5. The van der Waals surface area contributed by atoms with Crippen molar-refractivity contribution in [2.24, 2.45) is 0 Å². The van der Waals surface area contributed by atoms with Crippen LogP contribution in [0.15, 0.2) is 42.5 Å². The number of carbonyl (C=O) groups excluding carboxylic acids is 2. The Morgan fingerprint density at radius 3 is 2.52 bits per heavy atom. The molecule has 0 saturated heterocycles. The molecule has 0 saturated carbocycles. The van der Waals surface area contributed by atoms with E-state index in [1.807, 2.05) is 0 Å². The van der Waals surface area contributed by atoms with Crippen molar-refractivity contribution in [1.29, 1.82) is 0 Å². The lowest BCUT2D eigenvalue weighted by Gasteiger charge is -2.28. The first-order valence-electron chi connectivity index (χ1n) is 8.57. The molecule has 2 aromatic carbocycles. The first kappa shape index (κ1) is 22.6. The number of nitrogens with zero attached hydrogens (tertiary/aromatic N) is 1. The average Bonchev–Trinajstić information content (AvgIpc) is 2.62. The smallest absolute Gasteiger partial charge is 0.339 e. The molecule has 7 nitrogen and oxygen atoms in total. The summed E-state index contributed by atoms with van der Waals surface area (Å²) in [6.07, 6.45) is 0.919. The van der Waals surface area contributed by atoms with Crippen LogP contribution in [0.3, 0.4) is 0 Å². The van der Waals surface area contributed by atoms with Crippen molar-refractivity contribution < 1.29 is 27.1 Å². The van der Waals surface area contributed by atoms with Gasteiger partial charge in [-0.2, -0.15) is 0 Å². The van der Waals surface area contributed by atoms with Gasteiger partial charge in [0.1, 0.15) is 11.9 Å². The third-order valence-electron chi connectivity index (χ3n) is 3.88. The maximum absolute atomic E-state index is 13.6. The zero-order chi connectivity index (χ0) is 21.8. The van der Waals surface area contributed by atoms with Gasteiger partial charge in [-0.3, -0.25) is 9.10 Å². The molecule has 2 rings (SSSR count). The minimum absolute atomic E-state index is 0.0125. The SMILES string of the molecule is CCOC(=O)c1cc(NC(=O)[C@H](C)N(c2cccc(F)c2)S(C)(=O)=O)ccc1Cl. The summed E-state index contributed by atoms with van der Waals surface area (Å²) in [6.45, 7) is 3.16. The fraction of sp³-hybridized carbons (Fsp3) is 0.263. The number of ether oxygens (including phenoxy) is 1. The molecule has 1 atom stereocenters. The van der Waals surface area contributed by atoms with E-state index in [0.29, 0.717) is 0 Å². The molecule has 0 unspecified atom stereocenters. The molecule has 1 amide bonds. The van der Waals surface area contributed by atoms with Gasteiger partial charge in [0.25, 0.3) is 0 Å². The van der Waals surface area contributed by atoms with Gasteiger partial charge in [-0.15, -0.1) is 0 Å². The molecule has 0 aromatic heterocycles. The Kier molecular flexibility index (Phi) is 7.21. The van der Waals surface area contributed by atoms with Crippen LogP contribution >= 0.6 is 11.6 Å². The number of halogens is 2. The monoisotopic (exact) mass is 442 g/mol. The summed E-state index contributed by atoms with van der Waals surface area (Å²) in [4.78, 5) is 24.6. The molecular weight excluding hydrogens is 423 g/mol. The first-order valence-corrected chi connectivity index (χ1v) is 10.8. The van der Waals surface area contributed by atoms with Crippen LogP contribution in [0.2, 0.25) is 5.02 Å². The second-order valence-electron chi connectivity index (χ2n) is 6.12. The van der Waals surface area contributed by atoms with Crippen LogP contribution in [-0.4, -0.2) is 39.2 Å². The summed E-state index contributed by atoms with van der Waals surface area (Å²) in [6, 6.07) is 7.92. The summed E-state index contributed by atoms with van der Waals surface area (Å²) in [5, 5.41) is 2.68. The van der Waals surface area contributed by atoms with Crippen molar-refractivity contribution in [2.75, 3.05) is 22.5 Å². The second kappa shape index (κ2) is 9.23. The molecule has 156 valence electrons. The lowest BCUT2D eigenvalue weighted by Crippen LogP contribution is -2.45. The highest BCUT2D eigenvalue weighted by atomic mass is 35.5. The fourth-order valence-corrected chi connectivity index (χ4v) is 4.00. The minimum Gasteiger partial charge on any atom is -0.462 e. The molecule has 0 aliphatic carbocycles. The highest BCUT2D eigenvalue weighted by Gasteiger charge is 2.29. The second-order valence-corrected chi connectivity index (χ2v) is 8.39. The minimum atomic E-state index is -3.90. The zero-order valence-corrected chi connectivity index (χ0v) is 17.6. The third kappa shape index (κ3) is 5.68. The molecule has 0 fully saturated rings. The van der Waals surface area contributed by atoms with E-state index in [2.05, 4.69) is 5.32 Å². The Hall–Kier alpha value is -2.65.